The summed E-state index contributed by atoms with van der Waals surface area (Å²) in [5.41, 5.74) is 1.79. The minimum absolute atomic E-state index is 0.369. The average molecular weight is 289 g/mol. The van der Waals surface area contributed by atoms with E-state index < -0.39 is 0 Å². The summed E-state index contributed by atoms with van der Waals surface area (Å²) in [4.78, 5) is 8.30. The van der Waals surface area contributed by atoms with Gasteiger partial charge in [-0.25, -0.2) is 9.97 Å². The summed E-state index contributed by atoms with van der Waals surface area (Å²) in [6.45, 7) is 0. The van der Waals surface area contributed by atoms with E-state index in [9.17, 15) is 0 Å². The molecule has 0 aliphatic rings. The zero-order chi connectivity index (χ0) is 13.4. The Kier molecular flexibility index (Phi) is 2.86. The van der Waals surface area contributed by atoms with Crippen molar-refractivity contribution in [2.24, 2.45) is 0 Å². The Morgan fingerprint density at radius 3 is 2.84 bits per heavy atom. The monoisotopic (exact) mass is 288 g/mol. The first-order chi connectivity index (χ1) is 9.22. The number of benzene rings is 1. The molecule has 0 amide bonds. The van der Waals surface area contributed by atoms with Crippen LogP contribution in [0.5, 0.6) is 0 Å². The van der Waals surface area contributed by atoms with E-state index in [1.807, 2.05) is 12.1 Å². The number of nitriles is 1. The normalized spacial score (nSPS) is 10.6. The molecule has 1 aromatic carbocycles. The van der Waals surface area contributed by atoms with Crippen molar-refractivity contribution in [1.82, 2.24) is 14.4 Å². The molecule has 19 heavy (non-hydrogen) atoms. The van der Waals surface area contributed by atoms with Crippen molar-refractivity contribution in [3.05, 3.63) is 52.5 Å². The summed E-state index contributed by atoms with van der Waals surface area (Å²) in [5.74, 6) is 0.626. The highest BCUT2D eigenvalue weighted by Gasteiger charge is 2.14. The van der Waals surface area contributed by atoms with Gasteiger partial charge in [0.05, 0.1) is 16.8 Å². The van der Waals surface area contributed by atoms with Gasteiger partial charge >= 0.3 is 0 Å². The highest BCUT2D eigenvalue weighted by Crippen LogP contribution is 2.30. The molecule has 0 saturated heterocycles. The van der Waals surface area contributed by atoms with Crippen LogP contribution in [-0.2, 0) is 0 Å². The molecule has 0 bridgehead atoms. The van der Waals surface area contributed by atoms with Crippen molar-refractivity contribution in [1.29, 1.82) is 5.26 Å². The highest BCUT2D eigenvalue weighted by molar-refractivity contribution is 6.34. The predicted molar refractivity (Wildman–Crippen MR) is 73.2 cm³/mol. The summed E-state index contributed by atoms with van der Waals surface area (Å²) in [6.07, 6.45) is 4.96. The summed E-state index contributed by atoms with van der Waals surface area (Å²) < 4.78 is 1.79. The molecule has 0 aliphatic heterocycles. The molecule has 0 atom stereocenters. The minimum atomic E-state index is 0.369. The Morgan fingerprint density at radius 1 is 1.21 bits per heavy atom. The van der Waals surface area contributed by atoms with Crippen molar-refractivity contribution in [2.45, 2.75) is 0 Å². The fraction of sp³-hybridized carbons (Fsp3) is 0. The maximum Gasteiger partial charge on any atom is 0.154 e. The molecule has 0 unspecified atom stereocenters. The van der Waals surface area contributed by atoms with E-state index >= 15 is 0 Å². The molecule has 3 aromatic rings. The second-order valence-electron chi connectivity index (χ2n) is 3.83. The van der Waals surface area contributed by atoms with Crippen LogP contribution in [0.3, 0.4) is 0 Å². The van der Waals surface area contributed by atoms with Crippen LogP contribution in [-0.4, -0.2) is 14.4 Å². The minimum Gasteiger partial charge on any atom is -0.295 e. The lowest BCUT2D eigenvalue weighted by Gasteiger charge is -2.05. The van der Waals surface area contributed by atoms with Crippen LogP contribution in [0, 0.1) is 11.3 Å². The second-order valence-corrected chi connectivity index (χ2v) is 4.57. The van der Waals surface area contributed by atoms with E-state index in [1.54, 1.807) is 35.1 Å². The molecule has 4 nitrogen and oxygen atoms in total. The standard InChI is InChI=1S/C13H6Cl2N4/c14-11-8(6-16)2-1-3-9(11)13-18-7-10-12(15)17-4-5-19(10)13/h1-5,7H. The van der Waals surface area contributed by atoms with E-state index in [0.717, 1.165) is 0 Å². The number of hydrogen-bond donors (Lipinski definition) is 0. The molecule has 2 aromatic heterocycles. The van der Waals surface area contributed by atoms with Gasteiger partial charge in [-0.2, -0.15) is 5.26 Å². The number of hydrogen-bond acceptors (Lipinski definition) is 3. The maximum atomic E-state index is 9.01. The van der Waals surface area contributed by atoms with Gasteiger partial charge in [-0.1, -0.05) is 29.3 Å². The first-order valence-electron chi connectivity index (χ1n) is 5.39. The molecular weight excluding hydrogens is 283 g/mol. The van der Waals surface area contributed by atoms with Gasteiger partial charge in [0.2, 0.25) is 0 Å². The number of nitrogens with zero attached hydrogens (tertiary/aromatic N) is 4. The third kappa shape index (κ3) is 1.84. The molecule has 0 fully saturated rings. The molecule has 2 heterocycles. The van der Waals surface area contributed by atoms with Gasteiger partial charge < -0.3 is 0 Å². The number of aromatic nitrogens is 3. The van der Waals surface area contributed by atoms with E-state index in [-0.39, 0.29) is 0 Å². The lowest BCUT2D eigenvalue weighted by Crippen LogP contribution is -1.92. The lowest BCUT2D eigenvalue weighted by molar-refractivity contribution is 1.12. The quantitative estimate of drug-likeness (QED) is 0.688. The fourth-order valence-electron chi connectivity index (χ4n) is 1.89. The SMILES string of the molecule is N#Cc1cccc(-c2ncc3c(Cl)nccn23)c1Cl. The first-order valence-corrected chi connectivity index (χ1v) is 6.14. The zero-order valence-electron chi connectivity index (χ0n) is 9.51. The zero-order valence-corrected chi connectivity index (χ0v) is 11.0. The topological polar surface area (TPSA) is 54.0 Å². The largest absolute Gasteiger partial charge is 0.295 e. The van der Waals surface area contributed by atoms with E-state index in [2.05, 4.69) is 9.97 Å². The van der Waals surface area contributed by atoms with Crippen LogP contribution in [0.4, 0.5) is 0 Å². The third-order valence-electron chi connectivity index (χ3n) is 2.77. The molecule has 0 saturated carbocycles. The summed E-state index contributed by atoms with van der Waals surface area (Å²) in [5, 5.41) is 9.75. The predicted octanol–water partition coefficient (Wildman–Crippen LogP) is 3.57. The van der Waals surface area contributed by atoms with Crippen molar-refractivity contribution in [3.63, 3.8) is 0 Å². The van der Waals surface area contributed by atoms with Crippen molar-refractivity contribution >= 4 is 28.7 Å². The van der Waals surface area contributed by atoms with Crippen LogP contribution < -0.4 is 0 Å². The second kappa shape index (κ2) is 4.54. The Balaban J connectivity index is 2.32. The van der Waals surface area contributed by atoms with Crippen LogP contribution in [0.15, 0.2) is 36.8 Å². The van der Waals surface area contributed by atoms with E-state index in [0.29, 0.717) is 32.6 Å². The van der Waals surface area contributed by atoms with Gasteiger partial charge in [-0.05, 0) is 12.1 Å². The average Bonchev–Trinajstić information content (AvgIpc) is 2.84. The summed E-state index contributed by atoms with van der Waals surface area (Å²) in [7, 11) is 0. The van der Waals surface area contributed by atoms with Crippen LogP contribution in [0.25, 0.3) is 16.9 Å². The number of halogens is 2. The van der Waals surface area contributed by atoms with E-state index in [1.165, 1.54) is 0 Å². The van der Waals surface area contributed by atoms with Gasteiger partial charge in [0, 0.05) is 18.0 Å². The molecular formula is C13H6Cl2N4. The Labute approximate surface area is 118 Å². The van der Waals surface area contributed by atoms with Crippen molar-refractivity contribution in [2.75, 3.05) is 0 Å². The first kappa shape index (κ1) is 12.0. The Bertz CT molecular complexity index is 817. The van der Waals surface area contributed by atoms with Crippen LogP contribution in [0.2, 0.25) is 10.2 Å². The molecule has 92 valence electrons. The summed E-state index contributed by atoms with van der Waals surface area (Å²) >= 11 is 12.2. The maximum absolute atomic E-state index is 9.01. The molecule has 6 heteroatoms. The van der Waals surface area contributed by atoms with Gasteiger partial charge in [-0.3, -0.25) is 4.40 Å². The molecule has 3 rings (SSSR count). The van der Waals surface area contributed by atoms with Crippen molar-refractivity contribution in [3.8, 4) is 17.5 Å². The van der Waals surface area contributed by atoms with Gasteiger partial charge in [0.25, 0.3) is 0 Å². The summed E-state index contributed by atoms with van der Waals surface area (Å²) in [6, 6.07) is 7.29. The molecule has 0 spiro atoms. The third-order valence-corrected chi connectivity index (χ3v) is 3.47. The van der Waals surface area contributed by atoms with Gasteiger partial charge in [0.15, 0.2) is 5.15 Å². The van der Waals surface area contributed by atoms with Crippen molar-refractivity contribution < 1.29 is 0 Å². The molecule has 0 aliphatic carbocycles. The molecule has 0 N–H and O–H groups in total. The smallest absolute Gasteiger partial charge is 0.154 e. The highest BCUT2D eigenvalue weighted by atomic mass is 35.5. The van der Waals surface area contributed by atoms with Crippen LogP contribution >= 0.6 is 23.2 Å². The van der Waals surface area contributed by atoms with Crippen LogP contribution in [0.1, 0.15) is 5.56 Å². The number of fused-ring (bicyclic) bond motifs is 1. The van der Waals surface area contributed by atoms with E-state index in [4.69, 9.17) is 28.5 Å². The number of imidazole rings is 1. The van der Waals surface area contributed by atoms with Gasteiger partial charge in [0.1, 0.15) is 17.4 Å². The van der Waals surface area contributed by atoms with Gasteiger partial charge in [-0.15, -0.1) is 0 Å². The fourth-order valence-corrected chi connectivity index (χ4v) is 2.34. The molecule has 0 radical (unpaired) electrons. The number of rotatable bonds is 1. The Morgan fingerprint density at radius 2 is 2.05 bits per heavy atom. The lowest BCUT2D eigenvalue weighted by atomic mass is 10.1. The Hall–Kier alpha value is -2.09.